The molecule has 0 saturated heterocycles. The van der Waals surface area contributed by atoms with Gasteiger partial charge in [0.05, 0.1) is 7.11 Å². The number of halogens is 1. The highest BCUT2D eigenvalue weighted by atomic mass is 35.5. The third kappa shape index (κ3) is 3.18. The van der Waals surface area contributed by atoms with Crippen LogP contribution in [-0.4, -0.2) is 7.11 Å². The van der Waals surface area contributed by atoms with Crippen LogP contribution in [0.3, 0.4) is 0 Å². The molecule has 1 unspecified atom stereocenters. The molecule has 0 bridgehead atoms. The molecule has 0 aliphatic carbocycles. The average molecular weight is 237 g/mol. The van der Waals surface area contributed by atoms with E-state index in [1.54, 1.807) is 7.11 Å². The summed E-state index contributed by atoms with van der Waals surface area (Å²) in [4.78, 5) is 0. The zero-order valence-corrected chi connectivity index (χ0v) is 11.0. The first-order chi connectivity index (χ1) is 7.58. The van der Waals surface area contributed by atoms with Crippen molar-refractivity contribution in [2.45, 2.75) is 27.2 Å². The van der Waals surface area contributed by atoms with Crippen LogP contribution in [-0.2, 0) is 6.42 Å². The smallest absolute Gasteiger partial charge is 0.122 e. The van der Waals surface area contributed by atoms with Gasteiger partial charge in [-0.25, -0.2) is 0 Å². The Morgan fingerprint density at radius 1 is 1.44 bits per heavy atom. The van der Waals surface area contributed by atoms with E-state index in [9.17, 15) is 0 Å². The number of ether oxygens (including phenoxy) is 1. The molecule has 1 nitrogen and oxygen atoms in total. The minimum absolute atomic E-state index is 0.317. The van der Waals surface area contributed by atoms with Gasteiger partial charge in [0.1, 0.15) is 5.75 Å². The summed E-state index contributed by atoms with van der Waals surface area (Å²) in [7, 11) is 1.68. The topological polar surface area (TPSA) is 9.23 Å². The molecule has 0 amide bonds. The Kier molecular flexibility index (Phi) is 4.71. The van der Waals surface area contributed by atoms with Gasteiger partial charge in [0.2, 0.25) is 0 Å². The van der Waals surface area contributed by atoms with Crippen molar-refractivity contribution in [3.63, 3.8) is 0 Å². The van der Waals surface area contributed by atoms with Crippen molar-refractivity contribution in [2.75, 3.05) is 7.11 Å². The fourth-order valence-electron chi connectivity index (χ4n) is 1.67. The van der Waals surface area contributed by atoms with Crippen LogP contribution in [0, 0.1) is 24.7 Å². The van der Waals surface area contributed by atoms with Gasteiger partial charge in [-0.15, -0.1) is 11.8 Å². The molecular weight excluding hydrogens is 220 g/mol. The minimum atomic E-state index is 0.317. The number of benzene rings is 1. The van der Waals surface area contributed by atoms with Crippen LogP contribution in [0.5, 0.6) is 5.75 Å². The van der Waals surface area contributed by atoms with Crippen LogP contribution in [0.4, 0.5) is 0 Å². The Hall–Kier alpha value is -1.13. The second-order valence-corrected chi connectivity index (χ2v) is 4.32. The fourth-order valence-corrected chi connectivity index (χ4v) is 1.86. The van der Waals surface area contributed by atoms with Gasteiger partial charge in [0.15, 0.2) is 0 Å². The van der Waals surface area contributed by atoms with Gasteiger partial charge in [-0.2, -0.15) is 0 Å². The van der Waals surface area contributed by atoms with E-state index in [0.717, 1.165) is 28.3 Å². The summed E-state index contributed by atoms with van der Waals surface area (Å²) in [6, 6.07) is 3.95. The number of hydrogen-bond donors (Lipinski definition) is 0. The lowest BCUT2D eigenvalue weighted by atomic mass is 9.99. The molecule has 0 N–H and O–H groups in total. The molecular formula is C14H17ClO. The maximum atomic E-state index is 6.11. The third-order valence-corrected chi connectivity index (χ3v) is 2.89. The molecule has 0 aliphatic rings. The Morgan fingerprint density at radius 3 is 2.69 bits per heavy atom. The summed E-state index contributed by atoms with van der Waals surface area (Å²) in [6.45, 7) is 5.93. The van der Waals surface area contributed by atoms with E-state index in [1.165, 1.54) is 0 Å². The maximum absolute atomic E-state index is 6.11. The molecule has 1 atom stereocenters. The highest BCUT2D eigenvalue weighted by molar-refractivity contribution is 6.31. The standard InChI is InChI=1S/C14H17ClO/c1-5-6-10(2)7-12-9-13(15)11(3)8-14(12)16-4/h8-10H,7H2,1-4H3. The van der Waals surface area contributed by atoms with Crippen LogP contribution >= 0.6 is 11.6 Å². The SMILES string of the molecule is CC#CC(C)Cc1cc(Cl)c(C)cc1OC. The predicted octanol–water partition coefficient (Wildman–Crippen LogP) is 3.86. The molecule has 0 radical (unpaired) electrons. The van der Waals surface area contributed by atoms with Gasteiger partial charge >= 0.3 is 0 Å². The van der Waals surface area contributed by atoms with E-state index < -0.39 is 0 Å². The second-order valence-electron chi connectivity index (χ2n) is 3.91. The third-order valence-electron chi connectivity index (χ3n) is 2.48. The first kappa shape index (κ1) is 12.9. The maximum Gasteiger partial charge on any atom is 0.122 e. The number of aryl methyl sites for hydroxylation is 1. The lowest BCUT2D eigenvalue weighted by molar-refractivity contribution is 0.408. The fraction of sp³-hybridized carbons (Fsp3) is 0.429. The molecule has 0 fully saturated rings. The van der Waals surface area contributed by atoms with Crippen molar-refractivity contribution in [3.05, 3.63) is 28.3 Å². The Bertz CT molecular complexity index is 426. The van der Waals surface area contributed by atoms with Crippen LogP contribution in [0.15, 0.2) is 12.1 Å². The lowest BCUT2D eigenvalue weighted by Gasteiger charge is -2.12. The molecule has 0 spiro atoms. The van der Waals surface area contributed by atoms with E-state index in [4.69, 9.17) is 16.3 Å². The molecule has 86 valence electrons. The first-order valence-corrected chi connectivity index (χ1v) is 5.71. The van der Waals surface area contributed by atoms with Crippen LogP contribution < -0.4 is 4.74 Å². The molecule has 1 rings (SSSR count). The van der Waals surface area contributed by atoms with E-state index in [-0.39, 0.29) is 0 Å². The van der Waals surface area contributed by atoms with Crippen molar-refractivity contribution < 1.29 is 4.74 Å². The van der Waals surface area contributed by atoms with Gasteiger partial charge in [-0.3, -0.25) is 0 Å². The van der Waals surface area contributed by atoms with E-state index in [0.29, 0.717) is 5.92 Å². The van der Waals surface area contributed by atoms with Gasteiger partial charge in [0, 0.05) is 10.9 Å². The molecule has 0 heterocycles. The van der Waals surface area contributed by atoms with E-state index >= 15 is 0 Å². The zero-order valence-electron chi connectivity index (χ0n) is 10.2. The van der Waals surface area contributed by atoms with Crippen LogP contribution in [0.1, 0.15) is 25.0 Å². The van der Waals surface area contributed by atoms with E-state index in [2.05, 4.69) is 18.8 Å². The summed E-state index contributed by atoms with van der Waals surface area (Å²) >= 11 is 6.11. The Labute approximate surface area is 103 Å². The molecule has 0 aliphatic heterocycles. The molecule has 1 aromatic carbocycles. The van der Waals surface area contributed by atoms with E-state index in [1.807, 2.05) is 26.0 Å². The van der Waals surface area contributed by atoms with Crippen LogP contribution in [0.2, 0.25) is 5.02 Å². The normalized spacial score (nSPS) is 11.6. The summed E-state index contributed by atoms with van der Waals surface area (Å²) in [6.07, 6.45) is 0.865. The summed E-state index contributed by atoms with van der Waals surface area (Å²) in [5, 5.41) is 0.785. The second kappa shape index (κ2) is 5.82. The molecule has 1 aromatic rings. The van der Waals surface area contributed by atoms with Crippen molar-refractivity contribution >= 4 is 11.6 Å². The summed E-state index contributed by atoms with van der Waals surface area (Å²) < 4.78 is 5.35. The van der Waals surface area contributed by atoms with Gasteiger partial charge in [-0.1, -0.05) is 18.5 Å². The zero-order chi connectivity index (χ0) is 12.1. The predicted molar refractivity (Wildman–Crippen MR) is 69.1 cm³/mol. The van der Waals surface area contributed by atoms with Crippen molar-refractivity contribution in [3.8, 4) is 17.6 Å². The van der Waals surface area contributed by atoms with Crippen molar-refractivity contribution in [2.24, 2.45) is 5.92 Å². The first-order valence-electron chi connectivity index (χ1n) is 5.33. The number of hydrogen-bond acceptors (Lipinski definition) is 1. The molecule has 2 heteroatoms. The highest BCUT2D eigenvalue weighted by Gasteiger charge is 2.09. The largest absolute Gasteiger partial charge is 0.496 e. The molecule has 0 saturated carbocycles. The van der Waals surface area contributed by atoms with Gasteiger partial charge < -0.3 is 4.74 Å². The Balaban J connectivity index is 3.01. The minimum Gasteiger partial charge on any atom is -0.496 e. The van der Waals surface area contributed by atoms with Gasteiger partial charge in [-0.05, 0) is 43.5 Å². The monoisotopic (exact) mass is 236 g/mol. The van der Waals surface area contributed by atoms with Crippen molar-refractivity contribution in [1.29, 1.82) is 0 Å². The average Bonchev–Trinajstić information content (AvgIpc) is 2.23. The quantitative estimate of drug-likeness (QED) is 0.725. The van der Waals surface area contributed by atoms with Crippen molar-refractivity contribution in [1.82, 2.24) is 0 Å². The van der Waals surface area contributed by atoms with Gasteiger partial charge in [0.25, 0.3) is 0 Å². The molecule has 16 heavy (non-hydrogen) atoms. The molecule has 0 aromatic heterocycles. The number of rotatable bonds is 3. The van der Waals surface area contributed by atoms with Crippen LogP contribution in [0.25, 0.3) is 0 Å². The number of methoxy groups -OCH3 is 1. The summed E-state index contributed by atoms with van der Waals surface area (Å²) in [5.74, 6) is 7.27. The Morgan fingerprint density at radius 2 is 2.12 bits per heavy atom. The summed E-state index contributed by atoms with van der Waals surface area (Å²) in [5.41, 5.74) is 2.16. The lowest BCUT2D eigenvalue weighted by Crippen LogP contribution is -2.00. The highest BCUT2D eigenvalue weighted by Crippen LogP contribution is 2.28.